The van der Waals surface area contributed by atoms with Gasteiger partial charge in [-0.3, -0.25) is 4.79 Å². The van der Waals surface area contributed by atoms with Crippen LogP contribution in [-0.2, 0) is 7.05 Å². The third-order valence-electron chi connectivity index (χ3n) is 4.60. The Morgan fingerprint density at radius 2 is 1.64 bits per heavy atom. The van der Waals surface area contributed by atoms with Crippen molar-refractivity contribution in [3.63, 3.8) is 0 Å². The van der Waals surface area contributed by atoms with Crippen LogP contribution in [0.1, 0.15) is 5.56 Å². The van der Waals surface area contributed by atoms with Gasteiger partial charge in [-0.05, 0) is 30.7 Å². The summed E-state index contributed by atoms with van der Waals surface area (Å²) in [6.07, 6.45) is 5.27. The largest absolute Gasteiger partial charge is 0.368 e. The van der Waals surface area contributed by atoms with E-state index in [0.29, 0.717) is 5.39 Å². The van der Waals surface area contributed by atoms with Gasteiger partial charge in [-0.15, -0.1) is 0 Å². The Hall–Kier alpha value is -2.96. The summed E-state index contributed by atoms with van der Waals surface area (Å²) in [5, 5.41) is 0.653. The fourth-order valence-electron chi connectivity index (χ4n) is 3.11. The van der Waals surface area contributed by atoms with Crippen molar-refractivity contribution < 1.29 is 0 Å². The molecule has 2 aromatic heterocycles. The molecule has 0 spiro atoms. The molecule has 0 bridgehead atoms. The minimum absolute atomic E-state index is 0.0158. The first-order valence-electron chi connectivity index (χ1n) is 8.36. The molecule has 1 aliphatic heterocycles. The maximum atomic E-state index is 12.1. The van der Waals surface area contributed by atoms with Gasteiger partial charge >= 0.3 is 0 Å². The number of hydrogen-bond donors (Lipinski definition) is 0. The van der Waals surface area contributed by atoms with Crippen LogP contribution in [0, 0.1) is 6.92 Å². The number of fused-ring (bicyclic) bond motifs is 1. The molecular formula is C18H20N6O. The summed E-state index contributed by atoms with van der Waals surface area (Å²) in [7, 11) is 1.72. The molecule has 0 radical (unpaired) electrons. The van der Waals surface area contributed by atoms with E-state index in [-0.39, 0.29) is 5.56 Å². The highest BCUT2D eigenvalue weighted by Crippen LogP contribution is 2.21. The maximum Gasteiger partial charge on any atom is 0.260 e. The molecule has 0 N–H and O–H groups in total. The van der Waals surface area contributed by atoms with Gasteiger partial charge in [0, 0.05) is 51.3 Å². The lowest BCUT2D eigenvalue weighted by molar-refractivity contribution is 0.640. The quantitative estimate of drug-likeness (QED) is 0.704. The van der Waals surface area contributed by atoms with Crippen LogP contribution in [0.25, 0.3) is 10.9 Å². The fraction of sp³-hybridized carbons (Fsp3) is 0.333. The summed E-state index contributed by atoms with van der Waals surface area (Å²) >= 11 is 0. The number of anilines is 2. The third kappa shape index (κ3) is 2.93. The van der Waals surface area contributed by atoms with Gasteiger partial charge in [0.25, 0.3) is 5.56 Å². The summed E-state index contributed by atoms with van der Waals surface area (Å²) in [6.45, 7) is 5.49. The van der Waals surface area contributed by atoms with E-state index in [0.717, 1.165) is 48.9 Å². The van der Waals surface area contributed by atoms with Crippen LogP contribution in [0.3, 0.4) is 0 Å². The van der Waals surface area contributed by atoms with Crippen molar-refractivity contribution in [2.24, 2.45) is 7.05 Å². The van der Waals surface area contributed by atoms with Gasteiger partial charge in [0.2, 0.25) is 5.95 Å². The van der Waals surface area contributed by atoms with Gasteiger partial charge in [-0.1, -0.05) is 0 Å². The number of benzene rings is 1. The Balaban J connectivity index is 1.52. The molecule has 0 aliphatic carbocycles. The number of rotatable bonds is 2. The molecule has 4 rings (SSSR count). The summed E-state index contributed by atoms with van der Waals surface area (Å²) in [5.41, 5.74) is 2.89. The van der Waals surface area contributed by atoms with E-state index in [4.69, 9.17) is 0 Å². The normalized spacial score (nSPS) is 15.0. The second kappa shape index (κ2) is 6.16. The van der Waals surface area contributed by atoms with Crippen LogP contribution in [0.4, 0.5) is 11.6 Å². The van der Waals surface area contributed by atoms with E-state index < -0.39 is 0 Å². The smallest absolute Gasteiger partial charge is 0.260 e. The number of aryl methyl sites for hydroxylation is 2. The molecule has 0 atom stereocenters. The molecule has 1 fully saturated rings. The second-order valence-corrected chi connectivity index (χ2v) is 6.40. The Labute approximate surface area is 145 Å². The minimum Gasteiger partial charge on any atom is -0.368 e. The molecule has 1 aromatic carbocycles. The lowest BCUT2D eigenvalue weighted by Crippen LogP contribution is -2.47. The fourth-order valence-corrected chi connectivity index (χ4v) is 3.11. The zero-order valence-corrected chi connectivity index (χ0v) is 14.4. The number of piperazine rings is 1. The molecule has 7 heteroatoms. The second-order valence-electron chi connectivity index (χ2n) is 6.40. The van der Waals surface area contributed by atoms with Crippen molar-refractivity contribution in [2.45, 2.75) is 6.92 Å². The lowest BCUT2D eigenvalue weighted by atomic mass is 10.2. The number of aromatic nitrogens is 4. The molecule has 3 aromatic rings. The standard InChI is InChI=1S/C18H20N6O/c1-13-10-19-18(20-11-13)24-7-5-23(6-8-24)14-3-4-15-16(9-14)21-12-22(2)17(15)25/h3-4,9-12H,5-8H2,1-2H3. The Morgan fingerprint density at radius 3 is 2.36 bits per heavy atom. The third-order valence-corrected chi connectivity index (χ3v) is 4.60. The van der Waals surface area contributed by atoms with Crippen molar-refractivity contribution in [1.29, 1.82) is 0 Å². The van der Waals surface area contributed by atoms with Crippen LogP contribution in [-0.4, -0.2) is 45.7 Å². The van der Waals surface area contributed by atoms with E-state index >= 15 is 0 Å². The highest BCUT2D eigenvalue weighted by atomic mass is 16.1. The van der Waals surface area contributed by atoms with Gasteiger partial charge in [0.05, 0.1) is 17.2 Å². The molecule has 128 valence electrons. The van der Waals surface area contributed by atoms with E-state index in [1.807, 2.05) is 37.5 Å². The average Bonchev–Trinajstić information content (AvgIpc) is 2.65. The number of nitrogens with zero attached hydrogens (tertiary/aromatic N) is 6. The van der Waals surface area contributed by atoms with Crippen LogP contribution in [0.15, 0.2) is 41.7 Å². The van der Waals surface area contributed by atoms with Gasteiger partial charge < -0.3 is 14.4 Å². The molecule has 0 unspecified atom stereocenters. The van der Waals surface area contributed by atoms with Crippen LogP contribution in [0.5, 0.6) is 0 Å². The van der Waals surface area contributed by atoms with E-state index in [2.05, 4.69) is 24.8 Å². The zero-order valence-electron chi connectivity index (χ0n) is 14.4. The first kappa shape index (κ1) is 15.6. The maximum absolute atomic E-state index is 12.1. The average molecular weight is 336 g/mol. The Kier molecular flexibility index (Phi) is 3.83. The monoisotopic (exact) mass is 336 g/mol. The van der Waals surface area contributed by atoms with E-state index in [1.54, 1.807) is 13.4 Å². The SMILES string of the molecule is Cc1cnc(N2CCN(c3ccc4c(=O)n(C)cnc4c3)CC2)nc1. The van der Waals surface area contributed by atoms with Crippen LogP contribution in [0.2, 0.25) is 0 Å². The summed E-state index contributed by atoms with van der Waals surface area (Å²) in [4.78, 5) is 29.8. The molecule has 3 heterocycles. The first-order chi connectivity index (χ1) is 12.1. The van der Waals surface area contributed by atoms with E-state index in [1.165, 1.54) is 4.57 Å². The van der Waals surface area contributed by atoms with E-state index in [9.17, 15) is 4.79 Å². The summed E-state index contributed by atoms with van der Waals surface area (Å²) in [5.74, 6) is 0.786. The lowest BCUT2D eigenvalue weighted by Gasteiger charge is -2.36. The van der Waals surface area contributed by atoms with Crippen molar-refractivity contribution in [3.8, 4) is 0 Å². The molecule has 1 aliphatic rings. The summed E-state index contributed by atoms with van der Waals surface area (Å²) in [6, 6.07) is 5.87. The highest BCUT2D eigenvalue weighted by molar-refractivity contribution is 5.81. The predicted octanol–water partition coefficient (Wildman–Crippen LogP) is 1.36. The molecule has 1 saturated heterocycles. The van der Waals surface area contributed by atoms with Crippen molar-refractivity contribution in [1.82, 2.24) is 19.5 Å². The van der Waals surface area contributed by atoms with Gasteiger partial charge in [-0.25, -0.2) is 15.0 Å². The molecule has 25 heavy (non-hydrogen) atoms. The highest BCUT2D eigenvalue weighted by Gasteiger charge is 2.19. The van der Waals surface area contributed by atoms with Gasteiger partial charge in [0.15, 0.2) is 0 Å². The summed E-state index contributed by atoms with van der Waals surface area (Å²) < 4.78 is 1.50. The molecular weight excluding hydrogens is 316 g/mol. The van der Waals surface area contributed by atoms with Crippen molar-refractivity contribution in [2.75, 3.05) is 36.0 Å². The minimum atomic E-state index is -0.0158. The molecule has 7 nitrogen and oxygen atoms in total. The van der Waals surface area contributed by atoms with Crippen LogP contribution >= 0.6 is 0 Å². The van der Waals surface area contributed by atoms with Crippen molar-refractivity contribution in [3.05, 3.63) is 52.8 Å². The Bertz CT molecular complexity index is 957. The molecule has 0 amide bonds. The van der Waals surface area contributed by atoms with Crippen LogP contribution < -0.4 is 15.4 Å². The zero-order chi connectivity index (χ0) is 17.4. The predicted molar refractivity (Wildman–Crippen MR) is 98.2 cm³/mol. The Morgan fingerprint density at radius 1 is 0.960 bits per heavy atom. The van der Waals surface area contributed by atoms with Gasteiger partial charge in [-0.2, -0.15) is 0 Å². The molecule has 0 saturated carbocycles. The first-order valence-corrected chi connectivity index (χ1v) is 8.36. The topological polar surface area (TPSA) is 67.2 Å². The van der Waals surface area contributed by atoms with Gasteiger partial charge in [0.1, 0.15) is 0 Å². The number of hydrogen-bond acceptors (Lipinski definition) is 6. The van der Waals surface area contributed by atoms with Crippen molar-refractivity contribution >= 4 is 22.5 Å².